The normalized spacial score (nSPS) is 16.3. The summed E-state index contributed by atoms with van der Waals surface area (Å²) >= 11 is 0. The van der Waals surface area contributed by atoms with Crippen molar-refractivity contribution >= 4 is 9.84 Å². The molecule has 1 aromatic rings. The lowest BCUT2D eigenvalue weighted by molar-refractivity contribution is 0.134. The van der Waals surface area contributed by atoms with Crippen LogP contribution < -0.4 is 5.32 Å². The Labute approximate surface area is 115 Å². The summed E-state index contributed by atoms with van der Waals surface area (Å²) in [7, 11) is -2.92. The van der Waals surface area contributed by atoms with Crippen LogP contribution in [0.4, 0.5) is 0 Å². The van der Waals surface area contributed by atoms with Crippen molar-refractivity contribution in [2.75, 3.05) is 18.6 Å². The highest BCUT2D eigenvalue weighted by Gasteiger charge is 2.17. The minimum atomic E-state index is -2.92. The number of hydrogen-bond acceptors (Lipinski definition) is 4. The lowest BCUT2D eigenvalue weighted by Gasteiger charge is -2.18. The Kier molecular flexibility index (Phi) is 4.60. The molecule has 1 aliphatic rings. The molecule has 1 aromatic carbocycles. The van der Waals surface area contributed by atoms with E-state index in [0.29, 0.717) is 19.6 Å². The van der Waals surface area contributed by atoms with Gasteiger partial charge < -0.3 is 10.1 Å². The molecule has 1 aliphatic heterocycles. The van der Waals surface area contributed by atoms with Crippen molar-refractivity contribution in [1.82, 2.24) is 5.32 Å². The Bertz CT molecular complexity index is 540. The standard InChI is InChI=1S/C14H21NO3S/c1-3-15-14(6-7-19(2,16)17)11-4-5-12-9-18-10-13(12)8-11/h4-5,8,14-15H,3,6-7,9-10H2,1-2H3. The van der Waals surface area contributed by atoms with Gasteiger partial charge in [0, 0.05) is 12.3 Å². The quantitative estimate of drug-likeness (QED) is 0.865. The van der Waals surface area contributed by atoms with Gasteiger partial charge in [0.1, 0.15) is 9.84 Å². The van der Waals surface area contributed by atoms with Crippen LogP contribution in [0, 0.1) is 0 Å². The first-order chi connectivity index (χ1) is 8.99. The Morgan fingerprint density at radius 2 is 2.05 bits per heavy atom. The third kappa shape index (κ3) is 4.03. The monoisotopic (exact) mass is 283 g/mol. The van der Waals surface area contributed by atoms with Crippen molar-refractivity contribution in [3.63, 3.8) is 0 Å². The molecule has 4 nitrogen and oxygen atoms in total. The van der Waals surface area contributed by atoms with Gasteiger partial charge in [-0.1, -0.05) is 25.1 Å². The number of ether oxygens (including phenoxy) is 1. The fourth-order valence-electron chi connectivity index (χ4n) is 2.37. The SMILES string of the molecule is CCNC(CCS(C)(=O)=O)c1ccc2c(c1)COC2. The zero-order valence-corrected chi connectivity index (χ0v) is 12.3. The fourth-order valence-corrected chi connectivity index (χ4v) is 3.04. The first kappa shape index (κ1) is 14.5. The molecule has 2 rings (SSSR count). The van der Waals surface area contributed by atoms with Gasteiger partial charge in [0.2, 0.25) is 0 Å². The molecular weight excluding hydrogens is 262 g/mol. The van der Waals surface area contributed by atoms with E-state index in [-0.39, 0.29) is 11.8 Å². The van der Waals surface area contributed by atoms with Crippen LogP contribution in [0.5, 0.6) is 0 Å². The fraction of sp³-hybridized carbons (Fsp3) is 0.571. The number of sulfone groups is 1. The zero-order chi connectivity index (χ0) is 13.9. The van der Waals surface area contributed by atoms with Gasteiger partial charge in [-0.25, -0.2) is 8.42 Å². The van der Waals surface area contributed by atoms with Gasteiger partial charge >= 0.3 is 0 Å². The van der Waals surface area contributed by atoms with E-state index in [4.69, 9.17) is 4.74 Å². The maximum Gasteiger partial charge on any atom is 0.147 e. The molecule has 1 N–H and O–H groups in total. The number of nitrogens with one attached hydrogen (secondary N) is 1. The van der Waals surface area contributed by atoms with Crippen LogP contribution in [0.3, 0.4) is 0 Å². The van der Waals surface area contributed by atoms with Crippen LogP contribution in [0.15, 0.2) is 18.2 Å². The molecule has 0 bridgehead atoms. The minimum Gasteiger partial charge on any atom is -0.372 e. The molecule has 0 fully saturated rings. The molecule has 0 aromatic heterocycles. The van der Waals surface area contributed by atoms with Crippen LogP contribution >= 0.6 is 0 Å². The maximum absolute atomic E-state index is 11.3. The summed E-state index contributed by atoms with van der Waals surface area (Å²) in [6, 6.07) is 6.38. The third-order valence-corrected chi connectivity index (χ3v) is 4.35. The van der Waals surface area contributed by atoms with Crippen molar-refractivity contribution in [3.05, 3.63) is 34.9 Å². The van der Waals surface area contributed by atoms with Crippen LogP contribution in [0.1, 0.15) is 36.1 Å². The average molecular weight is 283 g/mol. The molecule has 0 saturated heterocycles. The van der Waals surface area contributed by atoms with Gasteiger partial charge in [0.25, 0.3) is 0 Å². The average Bonchev–Trinajstić information content (AvgIpc) is 2.80. The van der Waals surface area contributed by atoms with E-state index in [1.165, 1.54) is 17.4 Å². The van der Waals surface area contributed by atoms with Gasteiger partial charge in [-0.2, -0.15) is 0 Å². The number of fused-ring (bicyclic) bond motifs is 1. The molecule has 0 aliphatic carbocycles. The third-order valence-electron chi connectivity index (χ3n) is 3.38. The highest BCUT2D eigenvalue weighted by atomic mass is 32.2. The molecule has 106 valence electrons. The van der Waals surface area contributed by atoms with Crippen molar-refractivity contribution in [2.24, 2.45) is 0 Å². The molecular formula is C14H21NO3S. The molecule has 0 saturated carbocycles. The maximum atomic E-state index is 11.3. The van der Waals surface area contributed by atoms with Crippen LogP contribution in [0.2, 0.25) is 0 Å². The van der Waals surface area contributed by atoms with Crippen LogP contribution in [-0.4, -0.2) is 27.0 Å². The largest absolute Gasteiger partial charge is 0.372 e. The summed E-state index contributed by atoms with van der Waals surface area (Å²) < 4.78 is 28.0. The van der Waals surface area contributed by atoms with Gasteiger partial charge in [0.05, 0.1) is 19.0 Å². The van der Waals surface area contributed by atoms with Crippen molar-refractivity contribution in [1.29, 1.82) is 0 Å². The van der Waals surface area contributed by atoms with Gasteiger partial charge in [0.15, 0.2) is 0 Å². The summed E-state index contributed by atoms with van der Waals surface area (Å²) in [4.78, 5) is 0. The summed E-state index contributed by atoms with van der Waals surface area (Å²) in [6.45, 7) is 4.20. The zero-order valence-electron chi connectivity index (χ0n) is 11.5. The second-order valence-electron chi connectivity index (χ2n) is 5.05. The predicted octanol–water partition coefficient (Wildman–Crippen LogP) is 1.80. The van der Waals surface area contributed by atoms with Crippen molar-refractivity contribution in [3.8, 4) is 0 Å². The summed E-state index contributed by atoms with van der Waals surface area (Å²) in [5.41, 5.74) is 3.61. The van der Waals surface area contributed by atoms with E-state index in [1.54, 1.807) is 0 Å². The highest BCUT2D eigenvalue weighted by Crippen LogP contribution is 2.25. The van der Waals surface area contributed by atoms with E-state index in [9.17, 15) is 8.42 Å². The first-order valence-electron chi connectivity index (χ1n) is 6.60. The first-order valence-corrected chi connectivity index (χ1v) is 8.66. The van der Waals surface area contributed by atoms with Crippen LogP contribution in [-0.2, 0) is 27.8 Å². The molecule has 1 atom stereocenters. The lowest BCUT2D eigenvalue weighted by atomic mass is 9.99. The smallest absolute Gasteiger partial charge is 0.147 e. The summed E-state index contributed by atoms with van der Waals surface area (Å²) in [6.07, 6.45) is 1.89. The van der Waals surface area contributed by atoms with Gasteiger partial charge in [-0.05, 0) is 29.7 Å². The molecule has 1 heterocycles. The molecule has 0 spiro atoms. The Morgan fingerprint density at radius 1 is 1.32 bits per heavy atom. The van der Waals surface area contributed by atoms with E-state index < -0.39 is 9.84 Å². The molecule has 0 amide bonds. The van der Waals surface area contributed by atoms with E-state index in [0.717, 1.165) is 12.1 Å². The van der Waals surface area contributed by atoms with Crippen molar-refractivity contribution < 1.29 is 13.2 Å². The predicted molar refractivity (Wildman–Crippen MR) is 75.7 cm³/mol. The van der Waals surface area contributed by atoms with Gasteiger partial charge in [-0.3, -0.25) is 0 Å². The second-order valence-corrected chi connectivity index (χ2v) is 7.31. The van der Waals surface area contributed by atoms with E-state index >= 15 is 0 Å². The Hall–Kier alpha value is -0.910. The topological polar surface area (TPSA) is 55.4 Å². The molecule has 0 radical (unpaired) electrons. The molecule has 1 unspecified atom stereocenters. The number of benzene rings is 1. The Balaban J connectivity index is 2.14. The number of hydrogen-bond donors (Lipinski definition) is 1. The van der Waals surface area contributed by atoms with E-state index in [1.807, 2.05) is 6.92 Å². The molecule has 19 heavy (non-hydrogen) atoms. The van der Waals surface area contributed by atoms with E-state index in [2.05, 4.69) is 23.5 Å². The minimum absolute atomic E-state index is 0.0885. The van der Waals surface area contributed by atoms with Crippen molar-refractivity contribution in [2.45, 2.75) is 32.6 Å². The second kappa shape index (κ2) is 6.03. The van der Waals surface area contributed by atoms with Crippen LogP contribution in [0.25, 0.3) is 0 Å². The Morgan fingerprint density at radius 3 is 2.74 bits per heavy atom. The summed E-state index contributed by atoms with van der Waals surface area (Å²) in [5.74, 6) is 0.207. The summed E-state index contributed by atoms with van der Waals surface area (Å²) in [5, 5.41) is 3.36. The number of rotatable bonds is 6. The highest BCUT2D eigenvalue weighted by molar-refractivity contribution is 7.90. The lowest BCUT2D eigenvalue weighted by Crippen LogP contribution is -2.23. The van der Waals surface area contributed by atoms with Gasteiger partial charge in [-0.15, -0.1) is 0 Å². The molecule has 5 heteroatoms.